The van der Waals surface area contributed by atoms with Gasteiger partial charge in [0.05, 0.1) is 24.3 Å². The normalized spacial score (nSPS) is 16.8. The number of carbonyl (C=O) groups is 2. The number of rotatable bonds is 3. The lowest BCUT2D eigenvalue weighted by molar-refractivity contribution is -0.132. The van der Waals surface area contributed by atoms with Gasteiger partial charge < -0.3 is 10.2 Å². The van der Waals surface area contributed by atoms with Crippen molar-refractivity contribution in [2.24, 2.45) is 7.05 Å². The number of amides is 2. The van der Waals surface area contributed by atoms with Gasteiger partial charge in [-0.25, -0.2) is 0 Å². The van der Waals surface area contributed by atoms with Crippen molar-refractivity contribution >= 4 is 17.5 Å². The number of hydrogen-bond donors (Lipinski definition) is 1. The first kappa shape index (κ1) is 15.3. The largest absolute Gasteiger partial charge is 0.335 e. The van der Waals surface area contributed by atoms with Gasteiger partial charge in [-0.3, -0.25) is 14.3 Å². The molecule has 23 heavy (non-hydrogen) atoms. The zero-order valence-electron chi connectivity index (χ0n) is 13.3. The quantitative estimate of drug-likeness (QED) is 0.941. The van der Waals surface area contributed by atoms with E-state index in [9.17, 15) is 9.59 Å². The van der Waals surface area contributed by atoms with Crippen LogP contribution in [0.3, 0.4) is 0 Å². The average Bonchev–Trinajstić information content (AvgIpc) is 2.92. The van der Waals surface area contributed by atoms with Crippen LogP contribution in [-0.4, -0.2) is 33.0 Å². The number of fused-ring (bicyclic) bond motifs is 1. The Morgan fingerprint density at radius 1 is 1.35 bits per heavy atom. The van der Waals surface area contributed by atoms with Gasteiger partial charge in [-0.05, 0) is 17.5 Å². The van der Waals surface area contributed by atoms with E-state index in [-0.39, 0.29) is 24.3 Å². The summed E-state index contributed by atoms with van der Waals surface area (Å²) in [6, 6.07) is 7.81. The van der Waals surface area contributed by atoms with E-state index in [1.54, 1.807) is 35.9 Å². The van der Waals surface area contributed by atoms with Crippen LogP contribution in [0.1, 0.15) is 30.5 Å². The third-order valence-electron chi connectivity index (χ3n) is 4.18. The van der Waals surface area contributed by atoms with Crippen LogP contribution in [0.4, 0.5) is 5.69 Å². The predicted octanol–water partition coefficient (Wildman–Crippen LogP) is 1.89. The van der Waals surface area contributed by atoms with Crippen molar-refractivity contribution < 1.29 is 9.59 Å². The van der Waals surface area contributed by atoms with Gasteiger partial charge in [-0.1, -0.05) is 24.3 Å². The lowest BCUT2D eigenvalue weighted by Crippen LogP contribution is -2.40. The molecule has 6 nitrogen and oxygen atoms in total. The van der Waals surface area contributed by atoms with Crippen LogP contribution in [0, 0.1) is 0 Å². The Hall–Kier alpha value is -2.63. The van der Waals surface area contributed by atoms with Crippen LogP contribution in [0.15, 0.2) is 36.7 Å². The molecule has 6 heteroatoms. The summed E-state index contributed by atoms with van der Waals surface area (Å²) in [7, 11) is 1.80. The van der Waals surface area contributed by atoms with Crippen LogP contribution in [0.25, 0.3) is 0 Å². The van der Waals surface area contributed by atoms with E-state index in [0.717, 1.165) is 12.0 Å². The molecule has 1 N–H and O–H groups in total. The SMILES string of the molecule is CC(=O)N1CCc2ccccc2C1CC(=O)Nc1cnn(C)c1. The highest BCUT2D eigenvalue weighted by molar-refractivity contribution is 5.91. The van der Waals surface area contributed by atoms with Crippen molar-refractivity contribution in [1.82, 2.24) is 14.7 Å². The molecule has 2 aromatic rings. The maximum absolute atomic E-state index is 12.4. The molecule has 0 saturated heterocycles. The molecule has 0 radical (unpaired) electrons. The summed E-state index contributed by atoms with van der Waals surface area (Å²) < 4.78 is 1.63. The topological polar surface area (TPSA) is 67.2 Å². The minimum Gasteiger partial charge on any atom is -0.335 e. The van der Waals surface area contributed by atoms with Gasteiger partial charge in [0, 0.05) is 26.7 Å². The Bertz CT molecular complexity index is 738. The highest BCUT2D eigenvalue weighted by Gasteiger charge is 2.30. The van der Waals surface area contributed by atoms with Crippen molar-refractivity contribution in [3.63, 3.8) is 0 Å². The van der Waals surface area contributed by atoms with Crippen LogP contribution < -0.4 is 5.32 Å². The smallest absolute Gasteiger partial charge is 0.226 e. The fraction of sp³-hybridized carbons (Fsp3) is 0.353. The summed E-state index contributed by atoms with van der Waals surface area (Å²) in [4.78, 5) is 26.1. The van der Waals surface area contributed by atoms with Gasteiger partial charge in [-0.15, -0.1) is 0 Å². The lowest BCUT2D eigenvalue weighted by atomic mass is 9.90. The van der Waals surface area contributed by atoms with Gasteiger partial charge in [0.15, 0.2) is 0 Å². The molecule has 1 aliphatic heterocycles. The Morgan fingerprint density at radius 2 is 2.13 bits per heavy atom. The van der Waals surface area contributed by atoms with Crippen LogP contribution in [-0.2, 0) is 23.1 Å². The number of nitrogens with one attached hydrogen (secondary N) is 1. The number of anilines is 1. The molecule has 0 aliphatic carbocycles. The summed E-state index contributed by atoms with van der Waals surface area (Å²) >= 11 is 0. The fourth-order valence-electron chi connectivity index (χ4n) is 3.12. The van der Waals surface area contributed by atoms with Crippen molar-refractivity contribution in [2.45, 2.75) is 25.8 Å². The summed E-state index contributed by atoms with van der Waals surface area (Å²) in [5.74, 6) is -0.121. The van der Waals surface area contributed by atoms with Crippen LogP contribution in [0.2, 0.25) is 0 Å². The molecule has 120 valence electrons. The minimum absolute atomic E-state index is 0.00122. The Balaban J connectivity index is 1.80. The predicted molar refractivity (Wildman–Crippen MR) is 86.7 cm³/mol. The van der Waals surface area contributed by atoms with Gasteiger partial charge in [0.25, 0.3) is 0 Å². The first-order chi connectivity index (χ1) is 11.0. The zero-order chi connectivity index (χ0) is 16.4. The molecule has 1 aromatic carbocycles. The first-order valence-corrected chi connectivity index (χ1v) is 7.68. The van der Waals surface area contributed by atoms with E-state index in [4.69, 9.17) is 0 Å². The second-order valence-corrected chi connectivity index (χ2v) is 5.83. The van der Waals surface area contributed by atoms with Crippen molar-refractivity contribution in [3.05, 3.63) is 47.8 Å². The summed E-state index contributed by atoms with van der Waals surface area (Å²) in [6.45, 7) is 2.21. The van der Waals surface area contributed by atoms with Crippen molar-refractivity contribution in [1.29, 1.82) is 0 Å². The molecule has 1 aromatic heterocycles. The third-order valence-corrected chi connectivity index (χ3v) is 4.18. The number of carbonyl (C=O) groups excluding carboxylic acids is 2. The molecule has 2 amide bonds. The van der Waals surface area contributed by atoms with Gasteiger partial charge in [0.1, 0.15) is 0 Å². The summed E-state index contributed by atoms with van der Waals surface area (Å²) in [5, 5.41) is 6.87. The molecular weight excluding hydrogens is 292 g/mol. The molecule has 1 aliphatic rings. The van der Waals surface area contributed by atoms with Crippen LogP contribution >= 0.6 is 0 Å². The summed E-state index contributed by atoms with van der Waals surface area (Å²) in [5.41, 5.74) is 2.94. The Kier molecular flexibility index (Phi) is 4.14. The van der Waals surface area contributed by atoms with E-state index >= 15 is 0 Å². The monoisotopic (exact) mass is 312 g/mol. The molecule has 2 heterocycles. The Labute approximate surface area is 135 Å². The molecule has 0 saturated carbocycles. The minimum atomic E-state index is -0.214. The molecule has 0 spiro atoms. The maximum atomic E-state index is 12.4. The molecule has 0 bridgehead atoms. The number of aryl methyl sites for hydroxylation is 1. The maximum Gasteiger partial charge on any atom is 0.226 e. The summed E-state index contributed by atoms with van der Waals surface area (Å²) in [6.07, 6.45) is 4.42. The van der Waals surface area contributed by atoms with E-state index in [0.29, 0.717) is 12.2 Å². The number of aromatic nitrogens is 2. The first-order valence-electron chi connectivity index (χ1n) is 7.68. The number of hydrogen-bond acceptors (Lipinski definition) is 3. The molecular formula is C17H20N4O2. The van der Waals surface area contributed by atoms with Crippen LogP contribution in [0.5, 0.6) is 0 Å². The van der Waals surface area contributed by atoms with Crippen molar-refractivity contribution in [2.75, 3.05) is 11.9 Å². The zero-order valence-corrected chi connectivity index (χ0v) is 13.3. The average molecular weight is 312 g/mol. The molecule has 0 fully saturated rings. The molecule has 1 unspecified atom stereocenters. The van der Waals surface area contributed by atoms with E-state index in [1.165, 1.54) is 5.56 Å². The standard InChI is InChI=1S/C17H20N4O2/c1-12(22)21-8-7-13-5-3-4-6-15(13)16(21)9-17(23)19-14-10-18-20(2)11-14/h3-6,10-11,16H,7-9H2,1-2H3,(H,19,23). The van der Waals surface area contributed by atoms with E-state index in [1.807, 2.05) is 18.2 Å². The second kappa shape index (κ2) is 6.24. The van der Waals surface area contributed by atoms with Crippen molar-refractivity contribution in [3.8, 4) is 0 Å². The molecule has 3 rings (SSSR count). The number of nitrogens with zero attached hydrogens (tertiary/aromatic N) is 3. The van der Waals surface area contributed by atoms with Gasteiger partial charge >= 0.3 is 0 Å². The molecule has 1 atom stereocenters. The fourth-order valence-corrected chi connectivity index (χ4v) is 3.12. The van der Waals surface area contributed by atoms with E-state index < -0.39 is 0 Å². The van der Waals surface area contributed by atoms with E-state index in [2.05, 4.69) is 16.5 Å². The highest BCUT2D eigenvalue weighted by atomic mass is 16.2. The number of benzene rings is 1. The lowest BCUT2D eigenvalue weighted by Gasteiger charge is -2.36. The Morgan fingerprint density at radius 3 is 2.83 bits per heavy atom. The highest BCUT2D eigenvalue weighted by Crippen LogP contribution is 2.32. The van der Waals surface area contributed by atoms with Gasteiger partial charge in [0.2, 0.25) is 11.8 Å². The van der Waals surface area contributed by atoms with Gasteiger partial charge in [-0.2, -0.15) is 5.10 Å². The third kappa shape index (κ3) is 3.26. The second-order valence-electron chi connectivity index (χ2n) is 5.83.